The number of benzene rings is 1. The second-order valence-corrected chi connectivity index (χ2v) is 6.69. The molecule has 1 heterocycles. The highest BCUT2D eigenvalue weighted by Crippen LogP contribution is 2.29. The van der Waals surface area contributed by atoms with E-state index < -0.39 is 12.0 Å². The summed E-state index contributed by atoms with van der Waals surface area (Å²) in [6.07, 6.45) is 0.434. The summed E-state index contributed by atoms with van der Waals surface area (Å²) >= 11 is 7.18. The number of carbonyl (C=O) groups excluding carboxylic acids is 2. The monoisotopic (exact) mass is 413 g/mol. The van der Waals surface area contributed by atoms with Crippen molar-refractivity contribution in [3.05, 3.63) is 23.2 Å². The standard InChI is InChI=1S/C16H20ClN5O4S/c1-4-11(14(24)19-9-5-6-12(25-2)10(17)7-9)22-15(18)20-21-16(22)27-8-13(23)26-3/h5-7,11H,4,8H2,1-3H3,(H2,18,20)(H,19,24). The summed E-state index contributed by atoms with van der Waals surface area (Å²) in [4.78, 5) is 24.2. The van der Waals surface area contributed by atoms with E-state index in [1.165, 1.54) is 18.8 Å². The number of thioether (sulfide) groups is 1. The number of esters is 1. The maximum atomic E-state index is 12.8. The Morgan fingerprint density at radius 2 is 2.11 bits per heavy atom. The highest BCUT2D eigenvalue weighted by molar-refractivity contribution is 7.99. The molecule has 1 atom stereocenters. The van der Waals surface area contributed by atoms with Gasteiger partial charge in [-0.15, -0.1) is 10.2 Å². The van der Waals surface area contributed by atoms with Crippen LogP contribution in [0.5, 0.6) is 5.75 Å². The van der Waals surface area contributed by atoms with Crippen LogP contribution in [0.15, 0.2) is 23.4 Å². The Morgan fingerprint density at radius 1 is 1.37 bits per heavy atom. The quantitative estimate of drug-likeness (QED) is 0.499. The van der Waals surface area contributed by atoms with Crippen LogP contribution in [0, 0.1) is 0 Å². The molecule has 1 aromatic heterocycles. The van der Waals surface area contributed by atoms with Crippen molar-refractivity contribution >= 4 is 46.9 Å². The van der Waals surface area contributed by atoms with Gasteiger partial charge in [-0.2, -0.15) is 0 Å². The Labute approximate surface area is 165 Å². The molecule has 9 nitrogen and oxygen atoms in total. The molecule has 1 amide bonds. The molecule has 0 bridgehead atoms. The number of amides is 1. The number of nitrogens with zero attached hydrogens (tertiary/aromatic N) is 3. The molecule has 0 saturated heterocycles. The van der Waals surface area contributed by atoms with Crippen molar-refractivity contribution in [2.24, 2.45) is 0 Å². The zero-order valence-electron chi connectivity index (χ0n) is 15.1. The van der Waals surface area contributed by atoms with Gasteiger partial charge in [-0.3, -0.25) is 14.2 Å². The fourth-order valence-electron chi connectivity index (χ4n) is 2.32. The average molecular weight is 414 g/mol. The van der Waals surface area contributed by atoms with Crippen LogP contribution in [-0.4, -0.2) is 46.6 Å². The minimum absolute atomic E-state index is 0.0285. The molecule has 0 fully saturated rings. The molecule has 1 unspecified atom stereocenters. The maximum absolute atomic E-state index is 12.8. The average Bonchev–Trinajstić information content (AvgIpc) is 3.01. The molecule has 0 radical (unpaired) electrons. The van der Waals surface area contributed by atoms with Gasteiger partial charge in [0, 0.05) is 5.69 Å². The van der Waals surface area contributed by atoms with Crippen molar-refractivity contribution in [2.45, 2.75) is 24.5 Å². The van der Waals surface area contributed by atoms with E-state index in [1.54, 1.807) is 18.2 Å². The smallest absolute Gasteiger partial charge is 0.316 e. The molecule has 0 spiro atoms. The number of nitrogens with two attached hydrogens (primary N) is 1. The van der Waals surface area contributed by atoms with E-state index in [-0.39, 0.29) is 17.6 Å². The fourth-order valence-corrected chi connectivity index (χ4v) is 3.40. The molecule has 2 rings (SSSR count). The van der Waals surface area contributed by atoms with Crippen LogP contribution >= 0.6 is 23.4 Å². The lowest BCUT2D eigenvalue weighted by Crippen LogP contribution is -2.27. The van der Waals surface area contributed by atoms with Gasteiger partial charge in [0.05, 0.1) is 25.0 Å². The van der Waals surface area contributed by atoms with Crippen LogP contribution in [0.2, 0.25) is 5.02 Å². The maximum Gasteiger partial charge on any atom is 0.316 e. The molecule has 0 aliphatic rings. The number of carbonyl (C=O) groups is 2. The van der Waals surface area contributed by atoms with Crippen molar-refractivity contribution in [1.82, 2.24) is 14.8 Å². The van der Waals surface area contributed by atoms with Crippen molar-refractivity contribution in [1.29, 1.82) is 0 Å². The second-order valence-electron chi connectivity index (χ2n) is 5.34. The predicted octanol–water partition coefficient (Wildman–Crippen LogP) is 2.38. The van der Waals surface area contributed by atoms with Crippen molar-refractivity contribution in [3.8, 4) is 5.75 Å². The summed E-state index contributed by atoms with van der Waals surface area (Å²) in [5, 5.41) is 11.3. The summed E-state index contributed by atoms with van der Waals surface area (Å²) in [5.41, 5.74) is 6.41. The van der Waals surface area contributed by atoms with E-state index in [1.807, 2.05) is 6.92 Å². The minimum atomic E-state index is -0.666. The van der Waals surface area contributed by atoms with Gasteiger partial charge in [0.1, 0.15) is 11.8 Å². The zero-order valence-corrected chi connectivity index (χ0v) is 16.6. The third kappa shape index (κ3) is 5.04. The second kappa shape index (κ2) is 9.47. The van der Waals surface area contributed by atoms with Crippen LogP contribution in [0.4, 0.5) is 11.6 Å². The van der Waals surface area contributed by atoms with Crippen LogP contribution < -0.4 is 15.8 Å². The molecule has 0 aliphatic heterocycles. The normalized spacial score (nSPS) is 11.7. The highest BCUT2D eigenvalue weighted by Gasteiger charge is 2.25. The molecule has 146 valence electrons. The zero-order chi connectivity index (χ0) is 20.0. The lowest BCUT2D eigenvalue weighted by Gasteiger charge is -2.19. The summed E-state index contributed by atoms with van der Waals surface area (Å²) in [6.45, 7) is 1.83. The summed E-state index contributed by atoms with van der Waals surface area (Å²) in [7, 11) is 2.80. The third-order valence-corrected chi connectivity index (χ3v) is 4.87. The summed E-state index contributed by atoms with van der Waals surface area (Å²) in [5.74, 6) is -0.118. The van der Waals surface area contributed by atoms with E-state index in [0.717, 1.165) is 11.8 Å². The lowest BCUT2D eigenvalue weighted by molar-refractivity contribution is -0.137. The molecule has 0 aliphatic carbocycles. The predicted molar refractivity (Wildman–Crippen MR) is 103 cm³/mol. The highest BCUT2D eigenvalue weighted by atomic mass is 35.5. The van der Waals surface area contributed by atoms with Crippen LogP contribution in [0.1, 0.15) is 19.4 Å². The molecule has 3 N–H and O–H groups in total. The SMILES string of the molecule is CCC(C(=O)Nc1ccc(OC)c(Cl)c1)n1c(N)nnc1SCC(=O)OC. The van der Waals surface area contributed by atoms with Gasteiger partial charge >= 0.3 is 5.97 Å². The van der Waals surface area contributed by atoms with Crippen molar-refractivity contribution in [3.63, 3.8) is 0 Å². The first-order valence-electron chi connectivity index (χ1n) is 7.95. The van der Waals surface area contributed by atoms with E-state index in [9.17, 15) is 9.59 Å². The number of hydrogen-bond acceptors (Lipinski definition) is 8. The fraction of sp³-hybridized carbons (Fsp3) is 0.375. The number of nitrogen functional groups attached to an aromatic ring is 1. The molecular formula is C16H20ClN5O4S. The number of anilines is 2. The van der Waals surface area contributed by atoms with Gasteiger partial charge in [-0.25, -0.2) is 0 Å². The number of rotatable bonds is 8. The van der Waals surface area contributed by atoms with E-state index in [0.29, 0.717) is 28.0 Å². The van der Waals surface area contributed by atoms with Gasteiger partial charge in [-0.05, 0) is 24.6 Å². The van der Waals surface area contributed by atoms with E-state index in [2.05, 4.69) is 20.3 Å². The topological polar surface area (TPSA) is 121 Å². The van der Waals surface area contributed by atoms with Crippen molar-refractivity contribution in [2.75, 3.05) is 31.0 Å². The van der Waals surface area contributed by atoms with Crippen LogP contribution in [-0.2, 0) is 14.3 Å². The first-order valence-corrected chi connectivity index (χ1v) is 9.32. The summed E-state index contributed by atoms with van der Waals surface area (Å²) < 4.78 is 11.2. The molecule has 11 heteroatoms. The van der Waals surface area contributed by atoms with Crippen LogP contribution in [0.3, 0.4) is 0 Å². The third-order valence-electron chi connectivity index (χ3n) is 3.66. The first kappa shape index (κ1) is 20.8. The Morgan fingerprint density at radius 3 is 2.70 bits per heavy atom. The van der Waals surface area contributed by atoms with Gasteiger partial charge in [0.15, 0.2) is 5.16 Å². The Balaban J connectivity index is 2.20. The number of nitrogens with one attached hydrogen (secondary N) is 1. The lowest BCUT2D eigenvalue weighted by atomic mass is 10.2. The first-order chi connectivity index (χ1) is 12.9. The van der Waals surface area contributed by atoms with E-state index in [4.69, 9.17) is 22.1 Å². The Bertz CT molecular complexity index is 829. The van der Waals surface area contributed by atoms with Gasteiger partial charge in [-0.1, -0.05) is 30.3 Å². The molecule has 2 aromatic rings. The number of ether oxygens (including phenoxy) is 2. The van der Waals surface area contributed by atoms with Crippen LogP contribution in [0.25, 0.3) is 0 Å². The number of methoxy groups -OCH3 is 2. The summed E-state index contributed by atoms with van der Waals surface area (Å²) in [6, 6.07) is 4.26. The Hall–Kier alpha value is -2.46. The van der Waals surface area contributed by atoms with Crippen molar-refractivity contribution < 1.29 is 19.1 Å². The molecule has 1 aromatic carbocycles. The largest absolute Gasteiger partial charge is 0.495 e. The van der Waals surface area contributed by atoms with Gasteiger partial charge in [0.25, 0.3) is 0 Å². The number of halogens is 1. The molecule has 27 heavy (non-hydrogen) atoms. The molecular weight excluding hydrogens is 394 g/mol. The molecule has 0 saturated carbocycles. The number of hydrogen-bond donors (Lipinski definition) is 2. The van der Waals surface area contributed by atoms with Gasteiger partial charge in [0.2, 0.25) is 11.9 Å². The number of aromatic nitrogens is 3. The Kier molecular flexibility index (Phi) is 7.31. The van der Waals surface area contributed by atoms with E-state index >= 15 is 0 Å². The minimum Gasteiger partial charge on any atom is -0.495 e. The van der Waals surface area contributed by atoms with Gasteiger partial charge < -0.3 is 20.5 Å².